The Morgan fingerprint density at radius 3 is 2.47 bits per heavy atom. The van der Waals surface area contributed by atoms with Crippen molar-refractivity contribution in [3.05, 3.63) is 76.4 Å². The van der Waals surface area contributed by atoms with E-state index in [0.29, 0.717) is 17.9 Å². The van der Waals surface area contributed by atoms with Gasteiger partial charge in [-0.05, 0) is 41.0 Å². The van der Waals surface area contributed by atoms with E-state index in [0.717, 1.165) is 11.6 Å². The third kappa shape index (κ3) is 4.84. The molecular weight excluding hydrogens is 481 g/mol. The fourth-order valence-corrected chi connectivity index (χ4v) is 4.80. The van der Waals surface area contributed by atoms with E-state index in [1.165, 1.54) is 11.0 Å². The quantitative estimate of drug-likeness (QED) is 0.467. The summed E-state index contributed by atoms with van der Waals surface area (Å²) in [5.74, 6) is -2.55. The Bertz CT molecular complexity index is 1290. The van der Waals surface area contributed by atoms with Crippen LogP contribution < -0.4 is 4.90 Å². The zero-order valence-electron chi connectivity index (χ0n) is 19.5. The minimum atomic E-state index is -4.65. The molecule has 5 rings (SSSR count). The maximum Gasteiger partial charge on any atom is 0.416 e. The number of hydrogen-bond donors (Lipinski definition) is 0. The van der Waals surface area contributed by atoms with E-state index < -0.39 is 23.6 Å². The average molecular weight is 505 g/mol. The Morgan fingerprint density at radius 2 is 1.81 bits per heavy atom. The molecule has 2 aromatic carbocycles. The zero-order valence-corrected chi connectivity index (χ0v) is 19.5. The van der Waals surface area contributed by atoms with Crippen LogP contribution in [0.5, 0.6) is 0 Å². The molecule has 11 heteroatoms. The van der Waals surface area contributed by atoms with Crippen molar-refractivity contribution in [1.29, 1.82) is 0 Å². The molecule has 0 N–H and O–H groups in total. The molecule has 0 unspecified atom stereocenters. The Hall–Kier alpha value is -3.34. The number of carbonyl (C=O) groups is 1. The van der Waals surface area contributed by atoms with Crippen LogP contribution in [0.1, 0.15) is 51.3 Å². The van der Waals surface area contributed by atoms with Crippen LogP contribution >= 0.6 is 0 Å². The normalized spacial score (nSPS) is 18.1. The molecule has 2 aliphatic heterocycles. The van der Waals surface area contributed by atoms with Gasteiger partial charge in [0.2, 0.25) is 0 Å². The van der Waals surface area contributed by atoms with Gasteiger partial charge in [0.15, 0.2) is 0 Å². The molecule has 1 amide bonds. The Kier molecular flexibility index (Phi) is 6.06. The highest BCUT2D eigenvalue weighted by Crippen LogP contribution is 2.40. The van der Waals surface area contributed by atoms with Crippen LogP contribution in [-0.4, -0.2) is 44.6 Å². The lowest BCUT2D eigenvalue weighted by molar-refractivity contribution is -0.138. The molecule has 2 aliphatic rings. The monoisotopic (exact) mass is 505 g/mol. The summed E-state index contributed by atoms with van der Waals surface area (Å²) in [4.78, 5) is 16.3. The van der Waals surface area contributed by atoms with Crippen molar-refractivity contribution in [2.75, 3.05) is 18.0 Å². The second-order valence-electron chi connectivity index (χ2n) is 9.40. The van der Waals surface area contributed by atoms with Crippen LogP contribution in [-0.2, 0) is 32.7 Å². The number of halogens is 5. The summed E-state index contributed by atoms with van der Waals surface area (Å²) in [6, 6.07) is 9.58. The smallest absolute Gasteiger partial charge is 0.320 e. The summed E-state index contributed by atoms with van der Waals surface area (Å²) in [7, 11) is 1.81. The topological polar surface area (TPSA) is 54.3 Å². The molecule has 3 heterocycles. The average Bonchev–Trinajstić information content (AvgIpc) is 3.37. The van der Waals surface area contributed by atoms with Gasteiger partial charge in [-0.15, -0.1) is 10.2 Å². The number of benzene rings is 2. The Labute approximate surface area is 204 Å². The molecule has 1 aromatic heterocycles. The lowest BCUT2D eigenvalue weighted by atomic mass is 9.98. The Balaban J connectivity index is 1.42. The maximum absolute atomic E-state index is 14.0. The third-order valence-electron chi connectivity index (χ3n) is 6.79. The summed E-state index contributed by atoms with van der Waals surface area (Å²) in [5.41, 5.74) is 0.691. The van der Waals surface area contributed by atoms with E-state index in [2.05, 4.69) is 10.2 Å². The van der Waals surface area contributed by atoms with Gasteiger partial charge in [0.05, 0.1) is 12.1 Å². The van der Waals surface area contributed by atoms with E-state index in [1.54, 1.807) is 34.0 Å². The molecule has 0 bridgehead atoms. The number of alkyl halides is 5. The number of aromatic nitrogens is 3. The summed E-state index contributed by atoms with van der Waals surface area (Å²) >= 11 is 0. The number of anilines is 1. The standard InChI is InChI=1S/C25H24F5N5O/c1-33-15-31-32-22(33)12-16-3-2-4-18(9-16)35-14-20-19(23(35)36)10-17(11-21(20)25(28,29)30)13-34-7-5-24(26,27)6-8-34/h2-4,9-11,15H,5-8,12-14H2,1H3. The van der Waals surface area contributed by atoms with Crippen LogP contribution in [0, 0.1) is 0 Å². The number of rotatable bonds is 5. The molecule has 0 spiro atoms. The molecule has 6 nitrogen and oxygen atoms in total. The van der Waals surface area contributed by atoms with Crippen LogP contribution in [0.4, 0.5) is 27.6 Å². The number of likely N-dealkylation sites (tertiary alicyclic amines) is 1. The fraction of sp³-hybridized carbons (Fsp3) is 0.400. The largest absolute Gasteiger partial charge is 0.416 e. The number of piperidine rings is 1. The van der Waals surface area contributed by atoms with E-state index in [1.807, 2.05) is 13.1 Å². The summed E-state index contributed by atoms with van der Waals surface area (Å²) in [6.07, 6.45) is -3.29. The molecule has 1 saturated heterocycles. The lowest BCUT2D eigenvalue weighted by Gasteiger charge is -2.31. The minimum Gasteiger partial charge on any atom is -0.320 e. The van der Waals surface area contributed by atoms with Crippen molar-refractivity contribution in [1.82, 2.24) is 19.7 Å². The van der Waals surface area contributed by atoms with E-state index in [9.17, 15) is 26.7 Å². The fourth-order valence-electron chi connectivity index (χ4n) is 4.80. The third-order valence-corrected chi connectivity index (χ3v) is 6.79. The van der Waals surface area contributed by atoms with Gasteiger partial charge < -0.3 is 9.47 Å². The summed E-state index contributed by atoms with van der Waals surface area (Å²) < 4.78 is 70.8. The first kappa shape index (κ1) is 24.4. The highest BCUT2D eigenvalue weighted by molar-refractivity contribution is 6.10. The van der Waals surface area contributed by atoms with Crippen LogP contribution in [0.15, 0.2) is 42.7 Å². The second kappa shape index (κ2) is 8.95. The summed E-state index contributed by atoms with van der Waals surface area (Å²) in [5, 5.41) is 7.90. The van der Waals surface area contributed by atoms with Gasteiger partial charge in [0.1, 0.15) is 12.2 Å². The number of aryl methyl sites for hydroxylation is 1. The van der Waals surface area contributed by atoms with Crippen molar-refractivity contribution in [2.45, 2.75) is 44.5 Å². The van der Waals surface area contributed by atoms with Gasteiger partial charge in [-0.25, -0.2) is 8.78 Å². The SMILES string of the molecule is Cn1cnnc1Cc1cccc(N2Cc3c(cc(CN4CCC(F)(F)CC4)cc3C(F)(F)F)C2=O)c1. The van der Waals surface area contributed by atoms with Gasteiger partial charge in [0.25, 0.3) is 11.8 Å². The number of fused-ring (bicyclic) bond motifs is 1. The molecule has 36 heavy (non-hydrogen) atoms. The predicted octanol–water partition coefficient (Wildman–Crippen LogP) is 4.82. The van der Waals surface area contributed by atoms with Gasteiger partial charge in [-0.3, -0.25) is 9.69 Å². The highest BCUT2D eigenvalue weighted by Gasteiger charge is 2.41. The first-order valence-corrected chi connectivity index (χ1v) is 11.6. The maximum atomic E-state index is 14.0. The first-order chi connectivity index (χ1) is 17.0. The summed E-state index contributed by atoms with van der Waals surface area (Å²) in [6.45, 7) is 0.0488. The Morgan fingerprint density at radius 1 is 1.06 bits per heavy atom. The minimum absolute atomic E-state index is 0.000804. The predicted molar refractivity (Wildman–Crippen MR) is 122 cm³/mol. The lowest BCUT2D eigenvalue weighted by Crippen LogP contribution is -2.38. The van der Waals surface area contributed by atoms with Crippen molar-refractivity contribution >= 4 is 11.6 Å². The highest BCUT2D eigenvalue weighted by atomic mass is 19.4. The van der Waals surface area contributed by atoms with E-state index in [-0.39, 0.29) is 55.7 Å². The van der Waals surface area contributed by atoms with Crippen LogP contribution in [0.2, 0.25) is 0 Å². The van der Waals surface area contributed by atoms with E-state index in [4.69, 9.17) is 0 Å². The molecule has 0 aliphatic carbocycles. The molecule has 0 saturated carbocycles. The molecule has 0 atom stereocenters. The van der Waals surface area contributed by atoms with Crippen LogP contribution in [0.3, 0.4) is 0 Å². The van der Waals surface area contributed by atoms with Crippen molar-refractivity contribution in [3.63, 3.8) is 0 Å². The van der Waals surface area contributed by atoms with Crippen molar-refractivity contribution < 1.29 is 26.7 Å². The van der Waals surface area contributed by atoms with Gasteiger partial charge >= 0.3 is 6.18 Å². The number of amides is 1. The molecule has 190 valence electrons. The van der Waals surface area contributed by atoms with Gasteiger partial charge in [0, 0.05) is 57.2 Å². The number of hydrogen-bond acceptors (Lipinski definition) is 4. The zero-order chi connectivity index (χ0) is 25.7. The first-order valence-electron chi connectivity index (χ1n) is 11.6. The van der Waals surface area contributed by atoms with Crippen LogP contribution in [0.25, 0.3) is 0 Å². The molecular formula is C25H24F5N5O. The van der Waals surface area contributed by atoms with Crippen molar-refractivity contribution in [2.24, 2.45) is 7.05 Å². The number of carbonyl (C=O) groups excluding carboxylic acids is 1. The number of nitrogens with zero attached hydrogens (tertiary/aromatic N) is 5. The second-order valence-corrected chi connectivity index (χ2v) is 9.40. The van der Waals surface area contributed by atoms with Crippen molar-refractivity contribution in [3.8, 4) is 0 Å². The van der Waals surface area contributed by atoms with Gasteiger partial charge in [-0.2, -0.15) is 13.2 Å². The van der Waals surface area contributed by atoms with Gasteiger partial charge in [-0.1, -0.05) is 12.1 Å². The van der Waals surface area contributed by atoms with E-state index >= 15 is 0 Å². The molecule has 1 fully saturated rings. The molecule has 3 aromatic rings. The molecule has 0 radical (unpaired) electrons.